The van der Waals surface area contributed by atoms with E-state index in [9.17, 15) is 4.79 Å². The van der Waals surface area contributed by atoms with Crippen LogP contribution in [0.2, 0.25) is 0 Å². The maximum Gasteiger partial charge on any atom is 0.317 e. The molecule has 0 aliphatic rings. The summed E-state index contributed by atoms with van der Waals surface area (Å²) in [5, 5.41) is 0. The van der Waals surface area contributed by atoms with Crippen LogP contribution in [0.4, 0.5) is 0 Å². The topological polar surface area (TPSA) is 26.3 Å². The van der Waals surface area contributed by atoms with Gasteiger partial charge in [-0.2, -0.15) is 0 Å². The molecule has 0 aliphatic heterocycles. The molecule has 0 bridgehead atoms. The molecule has 2 nitrogen and oxygen atoms in total. The zero-order chi connectivity index (χ0) is 35.5. The molecule has 3 heteroatoms. The Balaban J connectivity index is 2.67. The van der Waals surface area contributed by atoms with Gasteiger partial charge in [-0.1, -0.05) is 129 Å². The van der Waals surface area contributed by atoms with Crippen LogP contribution in [0.1, 0.15) is 172 Å². The van der Waals surface area contributed by atoms with Gasteiger partial charge in [0.15, 0.2) is 0 Å². The maximum atomic E-state index is 14.3. The fraction of sp³-hybridized carbons (Fsp3) is 0.587. The van der Waals surface area contributed by atoms with E-state index in [-0.39, 0.29) is 5.97 Å². The predicted octanol–water partition coefficient (Wildman–Crippen LogP) is 14.3. The quantitative estimate of drug-likeness (QED) is 0.0937. The highest BCUT2D eigenvalue weighted by atomic mass is 32.3. The average Bonchev–Trinajstić information content (AvgIpc) is 3.12. The number of carbonyl (C=O) groups excluding carboxylic acids is 1. The van der Waals surface area contributed by atoms with Gasteiger partial charge < -0.3 is 4.18 Å². The second-order valence-electron chi connectivity index (χ2n) is 14.2. The molecule has 0 heterocycles. The molecule has 272 valence electrons. The standard InChI is InChI=1S/C46H70O2S/c1-8-15-25-37-33-39(27-17-10-3)45(40(34-37)28-18-11-4)49(48-44(47)24-14-7,43-31-22-21-23-32-43)46-41(29-19-12-5)35-38(26-16-9-2)36-42(46)30-20-13-6/h21-23,31-36H,8-20,24-30H2,1-7H3. The highest BCUT2D eigenvalue weighted by Crippen LogP contribution is 2.73. The Kier molecular flexibility index (Phi) is 18.6. The fourth-order valence-corrected chi connectivity index (χ4v) is 11.1. The van der Waals surface area contributed by atoms with Crippen molar-refractivity contribution >= 4 is 16.3 Å². The lowest BCUT2D eigenvalue weighted by Crippen LogP contribution is -2.20. The van der Waals surface area contributed by atoms with E-state index >= 15 is 0 Å². The Bertz CT molecular complexity index is 1260. The lowest BCUT2D eigenvalue weighted by Gasteiger charge is -2.45. The van der Waals surface area contributed by atoms with Gasteiger partial charge in [-0.15, -0.1) is 0 Å². The molecular formula is C46H70O2S. The molecule has 3 aromatic rings. The van der Waals surface area contributed by atoms with E-state index in [0.717, 1.165) is 96.3 Å². The Labute approximate surface area is 303 Å². The summed E-state index contributed by atoms with van der Waals surface area (Å²) in [6, 6.07) is 21.1. The molecule has 0 saturated carbocycles. The number of benzene rings is 3. The van der Waals surface area contributed by atoms with Crippen LogP contribution < -0.4 is 0 Å². The number of carbonyl (C=O) groups is 1. The summed E-state index contributed by atoms with van der Waals surface area (Å²) in [5.41, 5.74) is 8.59. The van der Waals surface area contributed by atoms with Crippen LogP contribution in [-0.4, -0.2) is 5.97 Å². The van der Waals surface area contributed by atoms with Crippen LogP contribution in [0, 0.1) is 0 Å². The van der Waals surface area contributed by atoms with Gasteiger partial charge in [0.05, 0.1) is 0 Å². The molecule has 0 aliphatic carbocycles. The molecule has 3 aromatic carbocycles. The summed E-state index contributed by atoms with van der Waals surface area (Å²) in [6.07, 6.45) is 21.4. The average molecular weight is 687 g/mol. The van der Waals surface area contributed by atoms with Crippen LogP contribution in [-0.2, 0) is 47.5 Å². The van der Waals surface area contributed by atoms with Crippen molar-refractivity contribution in [3.63, 3.8) is 0 Å². The van der Waals surface area contributed by atoms with Crippen LogP contribution in [0.15, 0.2) is 69.3 Å². The molecule has 0 N–H and O–H groups in total. The molecular weight excluding hydrogens is 617 g/mol. The van der Waals surface area contributed by atoms with E-state index in [1.165, 1.54) is 73.8 Å². The molecule has 0 atom stereocenters. The third kappa shape index (κ3) is 11.2. The predicted molar refractivity (Wildman–Crippen MR) is 214 cm³/mol. The molecule has 0 spiro atoms. The molecule has 0 amide bonds. The monoisotopic (exact) mass is 687 g/mol. The smallest absolute Gasteiger partial charge is 0.317 e. The minimum absolute atomic E-state index is 0.0581. The molecule has 0 fully saturated rings. The van der Waals surface area contributed by atoms with E-state index in [1.807, 2.05) is 0 Å². The van der Waals surface area contributed by atoms with Crippen molar-refractivity contribution in [1.29, 1.82) is 0 Å². The maximum absolute atomic E-state index is 14.3. The van der Waals surface area contributed by atoms with Crippen molar-refractivity contribution in [2.45, 2.75) is 192 Å². The van der Waals surface area contributed by atoms with Crippen LogP contribution >= 0.6 is 10.3 Å². The van der Waals surface area contributed by atoms with Gasteiger partial charge in [0.25, 0.3) is 0 Å². The summed E-state index contributed by atoms with van der Waals surface area (Å²) >= 11 is 0. The van der Waals surface area contributed by atoms with Gasteiger partial charge in [-0.25, -0.2) is 0 Å². The minimum atomic E-state index is -2.42. The van der Waals surface area contributed by atoms with Crippen LogP contribution in [0.25, 0.3) is 0 Å². The van der Waals surface area contributed by atoms with Crippen molar-refractivity contribution in [2.75, 3.05) is 0 Å². The van der Waals surface area contributed by atoms with E-state index in [0.29, 0.717) is 6.42 Å². The molecule has 0 aromatic heterocycles. The lowest BCUT2D eigenvalue weighted by atomic mass is 9.96. The molecule has 0 unspecified atom stereocenters. The summed E-state index contributed by atoms with van der Waals surface area (Å²) in [7, 11) is -2.42. The highest BCUT2D eigenvalue weighted by Gasteiger charge is 2.42. The Morgan fingerprint density at radius 3 is 1.16 bits per heavy atom. The molecule has 0 radical (unpaired) electrons. The summed E-state index contributed by atoms with van der Waals surface area (Å²) in [6.45, 7) is 15.9. The lowest BCUT2D eigenvalue weighted by molar-refractivity contribution is -0.133. The summed E-state index contributed by atoms with van der Waals surface area (Å²) in [4.78, 5) is 18.2. The third-order valence-electron chi connectivity index (χ3n) is 9.76. The SMILES string of the molecule is CCCCc1cc(CCCC)c(S(OC(=O)CCC)(c2ccccc2)c2c(CCCC)cc(CCCC)cc2CCCC)c(CCCC)c1. The van der Waals surface area contributed by atoms with Gasteiger partial charge in [0, 0.05) is 21.1 Å². The van der Waals surface area contributed by atoms with E-state index < -0.39 is 10.3 Å². The van der Waals surface area contributed by atoms with Crippen molar-refractivity contribution < 1.29 is 8.98 Å². The van der Waals surface area contributed by atoms with Gasteiger partial charge in [-0.3, -0.25) is 4.79 Å². The minimum Gasteiger partial charge on any atom is -0.402 e. The first-order valence-electron chi connectivity index (χ1n) is 20.3. The first-order chi connectivity index (χ1) is 23.9. The van der Waals surface area contributed by atoms with E-state index in [2.05, 4.69) is 103 Å². The molecule has 49 heavy (non-hydrogen) atoms. The van der Waals surface area contributed by atoms with Gasteiger partial charge in [0.2, 0.25) is 0 Å². The number of aryl methyl sites for hydroxylation is 6. The van der Waals surface area contributed by atoms with Crippen molar-refractivity contribution in [1.82, 2.24) is 0 Å². The molecule has 0 saturated heterocycles. The number of rotatable bonds is 24. The Morgan fingerprint density at radius 1 is 0.490 bits per heavy atom. The zero-order valence-electron chi connectivity index (χ0n) is 32.6. The summed E-state index contributed by atoms with van der Waals surface area (Å²) < 4.78 is 7.41. The van der Waals surface area contributed by atoms with Gasteiger partial charge in [0.1, 0.15) is 0 Å². The van der Waals surface area contributed by atoms with Crippen molar-refractivity contribution in [2.24, 2.45) is 0 Å². The summed E-state index contributed by atoms with van der Waals surface area (Å²) in [5.74, 6) is -0.0581. The van der Waals surface area contributed by atoms with Crippen molar-refractivity contribution in [3.05, 3.63) is 88.0 Å². The van der Waals surface area contributed by atoms with Crippen LogP contribution in [0.5, 0.6) is 0 Å². The first kappa shape index (κ1) is 40.9. The van der Waals surface area contributed by atoms with Crippen LogP contribution in [0.3, 0.4) is 0 Å². The molecule has 3 rings (SSSR count). The largest absolute Gasteiger partial charge is 0.402 e. The van der Waals surface area contributed by atoms with Gasteiger partial charge in [-0.05, 0) is 139 Å². The second kappa shape index (κ2) is 22.3. The number of unbranched alkanes of at least 4 members (excludes halogenated alkanes) is 6. The Hall–Kier alpha value is -2.52. The fourth-order valence-electron chi connectivity index (χ4n) is 7.12. The van der Waals surface area contributed by atoms with E-state index in [4.69, 9.17) is 4.18 Å². The van der Waals surface area contributed by atoms with E-state index in [1.54, 1.807) is 0 Å². The number of hydrogen-bond acceptors (Lipinski definition) is 2. The van der Waals surface area contributed by atoms with Crippen molar-refractivity contribution in [3.8, 4) is 0 Å². The zero-order valence-corrected chi connectivity index (χ0v) is 33.4. The Morgan fingerprint density at radius 2 is 0.837 bits per heavy atom. The normalized spacial score (nSPS) is 12.0. The highest BCUT2D eigenvalue weighted by molar-refractivity contribution is 8.30. The first-order valence-corrected chi connectivity index (χ1v) is 21.9. The number of hydrogen-bond donors (Lipinski definition) is 0. The van der Waals surface area contributed by atoms with Gasteiger partial charge >= 0.3 is 5.97 Å². The second-order valence-corrected chi connectivity index (χ2v) is 16.7. The third-order valence-corrected chi connectivity index (χ3v) is 13.3.